The highest BCUT2D eigenvalue weighted by molar-refractivity contribution is 8.15. The number of nitrogens with one attached hydrogen (secondary N) is 1. The van der Waals surface area contributed by atoms with Gasteiger partial charge in [-0.2, -0.15) is 9.23 Å². The molecule has 0 aliphatic carbocycles. The first-order chi connectivity index (χ1) is 6.74. The molecule has 1 N–H and O–H groups in total. The number of fused-ring (bicyclic) bond motifs is 1. The lowest BCUT2D eigenvalue weighted by atomic mass is 10.4. The Hall–Kier alpha value is -0.370. The number of halogens is 1. The summed E-state index contributed by atoms with van der Waals surface area (Å²) in [6.45, 7) is 2.17. The Morgan fingerprint density at radius 1 is 1.60 bits per heavy atom. The molecule has 0 fully saturated rings. The Morgan fingerprint density at radius 2 is 2.33 bits per heavy atom. The van der Waals surface area contributed by atoms with Gasteiger partial charge in [-0.05, 0) is 30.8 Å². The van der Waals surface area contributed by atoms with E-state index in [2.05, 4.69) is 9.23 Å². The fourth-order valence-electron chi connectivity index (χ4n) is 1.16. The van der Waals surface area contributed by atoms with Crippen molar-refractivity contribution < 1.29 is 9.53 Å². The van der Waals surface area contributed by atoms with E-state index >= 15 is 0 Å². The fourth-order valence-corrected chi connectivity index (χ4v) is 3.02. The molecule has 2 heterocycles. The molecule has 84 valence electrons. The van der Waals surface area contributed by atoms with Gasteiger partial charge >= 0.3 is 5.97 Å². The number of rotatable bonds is 2. The third-order valence-corrected chi connectivity index (χ3v) is 3.59. The molecule has 1 aromatic rings. The lowest BCUT2D eigenvalue weighted by Gasteiger charge is -2.02. The smallest absolute Gasteiger partial charge is 0.357 e. The molecule has 0 amide bonds. The maximum atomic E-state index is 11.6. The number of nitrogens with zero attached hydrogens (tertiary/aromatic N) is 2. The molecule has 0 unspecified atom stereocenters. The summed E-state index contributed by atoms with van der Waals surface area (Å²) in [6, 6.07) is 0. The van der Waals surface area contributed by atoms with Gasteiger partial charge < -0.3 is 4.74 Å². The lowest BCUT2D eigenvalue weighted by Crippen LogP contribution is -2.11. The van der Waals surface area contributed by atoms with Crippen LogP contribution < -0.4 is 4.13 Å². The van der Waals surface area contributed by atoms with E-state index in [1.54, 1.807) is 18.7 Å². The van der Waals surface area contributed by atoms with Crippen molar-refractivity contribution in [3.8, 4) is 0 Å². The summed E-state index contributed by atoms with van der Waals surface area (Å²) in [7, 11) is 1.74. The molecule has 0 saturated carbocycles. The Balaban J connectivity index is 0.00000112. The number of hydrogen-bond donors (Lipinski definition) is 1. The maximum absolute atomic E-state index is 11.6. The second-order valence-corrected chi connectivity index (χ2v) is 4.48. The van der Waals surface area contributed by atoms with Gasteiger partial charge in [0, 0.05) is 7.05 Å². The summed E-state index contributed by atoms with van der Waals surface area (Å²) >= 11 is 2.81. The van der Waals surface area contributed by atoms with Crippen molar-refractivity contribution in [2.75, 3.05) is 6.61 Å². The van der Waals surface area contributed by atoms with E-state index in [9.17, 15) is 4.79 Å². The van der Waals surface area contributed by atoms with Crippen molar-refractivity contribution in [3.05, 3.63) is 5.69 Å². The Morgan fingerprint density at radius 3 is 3.00 bits per heavy atom. The summed E-state index contributed by atoms with van der Waals surface area (Å²) < 4.78 is 9.48. The summed E-state index contributed by atoms with van der Waals surface area (Å²) in [5, 5.41) is 5.02. The normalized spacial score (nSPS) is 13.2. The van der Waals surface area contributed by atoms with Crippen LogP contribution in [0.25, 0.3) is 0 Å². The molecule has 5 nitrogen and oxygen atoms in total. The second kappa shape index (κ2) is 5.11. The molecule has 0 atom stereocenters. The standard InChI is InChI=1S/C7H9N3O2S2.ClH/c1-3-12-7(11)4-5-6(8-10(4)2)14-9-13-5;/h9H,3H2,1-2H3;1H. The van der Waals surface area contributed by atoms with Crippen LogP contribution >= 0.6 is 36.3 Å². The van der Waals surface area contributed by atoms with Gasteiger partial charge in [0.25, 0.3) is 0 Å². The highest BCUT2D eigenvalue weighted by atomic mass is 35.5. The number of aromatic nitrogens is 2. The van der Waals surface area contributed by atoms with E-state index in [1.165, 1.54) is 23.9 Å². The van der Waals surface area contributed by atoms with Crippen molar-refractivity contribution in [3.63, 3.8) is 0 Å². The van der Waals surface area contributed by atoms with Crippen LogP contribution in [0.15, 0.2) is 9.92 Å². The SMILES string of the molecule is CCOC(=O)c1c2c(nn1C)SNS2.Cl. The van der Waals surface area contributed by atoms with Crippen molar-refractivity contribution in [2.24, 2.45) is 7.05 Å². The minimum atomic E-state index is -0.319. The summed E-state index contributed by atoms with van der Waals surface area (Å²) in [6.07, 6.45) is 0. The van der Waals surface area contributed by atoms with Crippen LogP contribution in [0.2, 0.25) is 0 Å². The van der Waals surface area contributed by atoms with Gasteiger partial charge in [-0.15, -0.1) is 12.4 Å². The molecular weight excluding hydrogens is 258 g/mol. The third-order valence-electron chi connectivity index (χ3n) is 1.72. The number of carbonyl (C=O) groups is 1. The van der Waals surface area contributed by atoms with Crippen molar-refractivity contribution in [1.29, 1.82) is 0 Å². The fraction of sp³-hybridized carbons (Fsp3) is 0.429. The van der Waals surface area contributed by atoms with Crippen LogP contribution in [0, 0.1) is 0 Å². The van der Waals surface area contributed by atoms with Crippen LogP contribution in [0.3, 0.4) is 0 Å². The number of hydrogen-bond acceptors (Lipinski definition) is 6. The quantitative estimate of drug-likeness (QED) is 0.649. The molecule has 0 aromatic carbocycles. The van der Waals surface area contributed by atoms with E-state index in [-0.39, 0.29) is 18.4 Å². The van der Waals surface area contributed by atoms with E-state index < -0.39 is 0 Å². The Kier molecular flexibility index (Phi) is 4.32. The van der Waals surface area contributed by atoms with Crippen LogP contribution in [-0.4, -0.2) is 22.4 Å². The Labute approximate surface area is 102 Å². The van der Waals surface area contributed by atoms with Gasteiger partial charge in [0.15, 0.2) is 5.69 Å². The van der Waals surface area contributed by atoms with Gasteiger partial charge in [-0.1, -0.05) is 0 Å². The molecule has 0 bridgehead atoms. The Bertz CT molecular complexity index is 383. The van der Waals surface area contributed by atoms with E-state index in [0.29, 0.717) is 12.3 Å². The zero-order chi connectivity index (χ0) is 10.1. The highest BCUT2D eigenvalue weighted by Crippen LogP contribution is 2.38. The van der Waals surface area contributed by atoms with Crippen molar-refractivity contribution >= 4 is 42.3 Å². The minimum absolute atomic E-state index is 0. The molecule has 0 saturated heterocycles. The molecule has 8 heteroatoms. The number of ether oxygens (including phenoxy) is 1. The summed E-state index contributed by atoms with van der Waals surface area (Å²) in [4.78, 5) is 12.4. The highest BCUT2D eigenvalue weighted by Gasteiger charge is 2.27. The average molecular weight is 268 g/mol. The van der Waals surface area contributed by atoms with Crippen LogP contribution in [-0.2, 0) is 11.8 Å². The first-order valence-corrected chi connectivity index (χ1v) is 5.70. The zero-order valence-corrected chi connectivity index (χ0v) is 10.6. The minimum Gasteiger partial charge on any atom is -0.461 e. The third kappa shape index (κ3) is 2.25. The number of aryl methyl sites for hydroxylation is 1. The molecule has 15 heavy (non-hydrogen) atoms. The predicted molar refractivity (Wildman–Crippen MR) is 61.3 cm³/mol. The van der Waals surface area contributed by atoms with Gasteiger partial charge in [-0.25, -0.2) is 4.79 Å². The van der Waals surface area contributed by atoms with Gasteiger partial charge in [-0.3, -0.25) is 4.68 Å². The first-order valence-electron chi connectivity index (χ1n) is 4.06. The molecule has 2 rings (SSSR count). The predicted octanol–water partition coefficient (Wildman–Crippen LogP) is 1.64. The molecule has 1 aromatic heterocycles. The topological polar surface area (TPSA) is 56.1 Å². The number of esters is 1. The van der Waals surface area contributed by atoms with E-state index in [1.807, 2.05) is 0 Å². The molecular formula is C7H10ClN3O2S2. The van der Waals surface area contributed by atoms with Gasteiger partial charge in [0.2, 0.25) is 0 Å². The molecule has 0 spiro atoms. The molecule has 1 aliphatic heterocycles. The largest absolute Gasteiger partial charge is 0.461 e. The maximum Gasteiger partial charge on any atom is 0.357 e. The summed E-state index contributed by atoms with van der Waals surface area (Å²) in [5.41, 5.74) is 0.518. The van der Waals surface area contributed by atoms with Crippen LogP contribution in [0.1, 0.15) is 17.4 Å². The lowest BCUT2D eigenvalue weighted by molar-refractivity contribution is 0.0509. The molecule has 0 radical (unpaired) electrons. The summed E-state index contributed by atoms with van der Waals surface area (Å²) in [5.74, 6) is -0.319. The van der Waals surface area contributed by atoms with Crippen LogP contribution in [0.4, 0.5) is 0 Å². The number of carbonyl (C=O) groups excluding carboxylic acids is 1. The van der Waals surface area contributed by atoms with Gasteiger partial charge in [0.1, 0.15) is 5.03 Å². The first kappa shape index (κ1) is 12.7. The van der Waals surface area contributed by atoms with E-state index in [0.717, 1.165) is 9.92 Å². The van der Waals surface area contributed by atoms with Crippen molar-refractivity contribution in [1.82, 2.24) is 13.9 Å². The average Bonchev–Trinajstić information content (AvgIpc) is 2.63. The van der Waals surface area contributed by atoms with Crippen molar-refractivity contribution in [2.45, 2.75) is 16.8 Å². The van der Waals surface area contributed by atoms with Crippen LogP contribution in [0.5, 0.6) is 0 Å². The zero-order valence-electron chi connectivity index (χ0n) is 8.14. The monoisotopic (exact) mass is 267 g/mol. The second-order valence-electron chi connectivity index (χ2n) is 2.61. The molecule has 1 aliphatic rings. The van der Waals surface area contributed by atoms with Gasteiger partial charge in [0.05, 0.1) is 11.5 Å². The van der Waals surface area contributed by atoms with E-state index in [4.69, 9.17) is 4.74 Å².